The van der Waals surface area contributed by atoms with E-state index in [0.717, 1.165) is 12.0 Å². The van der Waals surface area contributed by atoms with E-state index in [4.69, 9.17) is 0 Å². The Hall–Kier alpha value is -0.0400. The third-order valence-electron chi connectivity index (χ3n) is 3.87. The number of hydrogen-bond donors (Lipinski definition) is 1. The van der Waals surface area contributed by atoms with Gasteiger partial charge >= 0.3 is 0 Å². The van der Waals surface area contributed by atoms with Gasteiger partial charge in [0.15, 0.2) is 0 Å². The van der Waals surface area contributed by atoms with Crippen LogP contribution in [0.1, 0.15) is 53.4 Å². The Labute approximate surface area is 83.3 Å². The molecule has 0 aliphatic carbocycles. The zero-order valence-electron chi connectivity index (χ0n) is 9.69. The van der Waals surface area contributed by atoms with Crippen LogP contribution in [0, 0.1) is 11.3 Å². The van der Waals surface area contributed by atoms with Crippen LogP contribution >= 0.6 is 0 Å². The largest absolute Gasteiger partial charge is 0.313 e. The van der Waals surface area contributed by atoms with Gasteiger partial charge < -0.3 is 5.32 Å². The average molecular weight is 183 g/mol. The van der Waals surface area contributed by atoms with Crippen LogP contribution in [0.25, 0.3) is 0 Å². The zero-order valence-corrected chi connectivity index (χ0v) is 9.69. The Bertz CT molecular complexity index is 147. The van der Waals surface area contributed by atoms with Crippen molar-refractivity contribution in [1.29, 1.82) is 0 Å². The molecule has 0 radical (unpaired) electrons. The van der Waals surface area contributed by atoms with Gasteiger partial charge in [-0.25, -0.2) is 0 Å². The number of nitrogens with one attached hydrogen (secondary N) is 1. The van der Waals surface area contributed by atoms with E-state index in [9.17, 15) is 0 Å². The molecule has 0 saturated carbocycles. The van der Waals surface area contributed by atoms with E-state index in [0.29, 0.717) is 5.41 Å². The summed E-state index contributed by atoms with van der Waals surface area (Å²) in [5, 5.41) is 3.68. The van der Waals surface area contributed by atoms with E-state index < -0.39 is 0 Å². The molecule has 1 heteroatoms. The van der Waals surface area contributed by atoms with Crippen LogP contribution in [-0.2, 0) is 0 Å². The Morgan fingerprint density at radius 1 is 1.31 bits per heavy atom. The van der Waals surface area contributed by atoms with E-state index in [1.54, 1.807) is 0 Å². The van der Waals surface area contributed by atoms with E-state index in [1.165, 1.54) is 32.2 Å². The fourth-order valence-electron chi connectivity index (χ4n) is 2.79. The molecule has 0 bridgehead atoms. The van der Waals surface area contributed by atoms with Crippen molar-refractivity contribution in [2.75, 3.05) is 6.54 Å². The van der Waals surface area contributed by atoms with Gasteiger partial charge in [0.2, 0.25) is 0 Å². The van der Waals surface area contributed by atoms with Crippen LogP contribution in [0.3, 0.4) is 0 Å². The molecule has 1 aliphatic heterocycles. The van der Waals surface area contributed by atoms with Crippen molar-refractivity contribution in [2.45, 2.75) is 59.4 Å². The van der Waals surface area contributed by atoms with Gasteiger partial charge in [-0.1, -0.05) is 27.7 Å². The molecule has 1 saturated heterocycles. The highest BCUT2D eigenvalue weighted by molar-refractivity contribution is 4.95. The highest BCUT2D eigenvalue weighted by Crippen LogP contribution is 2.40. The molecule has 78 valence electrons. The fourth-order valence-corrected chi connectivity index (χ4v) is 2.79. The number of rotatable bonds is 4. The molecule has 1 heterocycles. The zero-order chi connectivity index (χ0) is 9.90. The summed E-state index contributed by atoms with van der Waals surface area (Å²) in [5.41, 5.74) is 0.615. The molecule has 1 aliphatic rings. The van der Waals surface area contributed by atoms with Gasteiger partial charge in [0.25, 0.3) is 0 Å². The highest BCUT2D eigenvalue weighted by atomic mass is 15.0. The van der Waals surface area contributed by atoms with Crippen LogP contribution in [0.5, 0.6) is 0 Å². The molecule has 0 aromatic heterocycles. The van der Waals surface area contributed by atoms with Gasteiger partial charge in [0, 0.05) is 6.04 Å². The molecular formula is C12H25N. The van der Waals surface area contributed by atoms with Crippen LogP contribution in [0.2, 0.25) is 0 Å². The molecule has 0 aromatic rings. The van der Waals surface area contributed by atoms with Crippen molar-refractivity contribution in [3.63, 3.8) is 0 Å². The highest BCUT2D eigenvalue weighted by Gasteiger charge is 2.39. The lowest BCUT2D eigenvalue weighted by molar-refractivity contribution is 0.203. The summed E-state index contributed by atoms with van der Waals surface area (Å²) in [5.74, 6) is 0.827. The van der Waals surface area contributed by atoms with Crippen molar-refractivity contribution in [3.8, 4) is 0 Å². The van der Waals surface area contributed by atoms with E-state index in [1.807, 2.05) is 0 Å². The van der Waals surface area contributed by atoms with Gasteiger partial charge in [-0.2, -0.15) is 0 Å². The second-order valence-electron chi connectivity index (χ2n) is 4.96. The van der Waals surface area contributed by atoms with E-state index in [-0.39, 0.29) is 0 Å². The summed E-state index contributed by atoms with van der Waals surface area (Å²) in [6.07, 6.45) is 5.42. The van der Waals surface area contributed by atoms with Gasteiger partial charge in [-0.05, 0) is 43.6 Å². The predicted octanol–water partition coefficient (Wildman–Crippen LogP) is 3.20. The Morgan fingerprint density at radius 2 is 1.92 bits per heavy atom. The maximum absolute atomic E-state index is 3.68. The third-order valence-corrected chi connectivity index (χ3v) is 3.87. The monoisotopic (exact) mass is 183 g/mol. The lowest BCUT2D eigenvalue weighted by atomic mass is 9.73. The van der Waals surface area contributed by atoms with Crippen molar-refractivity contribution in [3.05, 3.63) is 0 Å². The first-order valence-electron chi connectivity index (χ1n) is 5.88. The minimum atomic E-state index is 0.615. The van der Waals surface area contributed by atoms with Crippen LogP contribution in [0.4, 0.5) is 0 Å². The first-order valence-corrected chi connectivity index (χ1v) is 5.88. The second-order valence-corrected chi connectivity index (χ2v) is 4.96. The minimum Gasteiger partial charge on any atom is -0.313 e. The quantitative estimate of drug-likeness (QED) is 0.706. The third kappa shape index (κ3) is 2.25. The predicted molar refractivity (Wildman–Crippen MR) is 58.9 cm³/mol. The molecule has 1 unspecified atom stereocenters. The van der Waals surface area contributed by atoms with Crippen molar-refractivity contribution < 1.29 is 0 Å². The van der Waals surface area contributed by atoms with Crippen molar-refractivity contribution in [2.24, 2.45) is 11.3 Å². The smallest absolute Gasteiger partial charge is 0.0126 e. The SMILES string of the molecule is CCC1(CC)CCNC1CC(C)C. The van der Waals surface area contributed by atoms with Gasteiger partial charge in [-0.15, -0.1) is 0 Å². The maximum Gasteiger partial charge on any atom is 0.0126 e. The first-order chi connectivity index (χ1) is 6.14. The molecule has 13 heavy (non-hydrogen) atoms. The molecular weight excluding hydrogens is 158 g/mol. The second kappa shape index (κ2) is 4.45. The molecule has 0 spiro atoms. The number of hydrogen-bond acceptors (Lipinski definition) is 1. The van der Waals surface area contributed by atoms with Crippen molar-refractivity contribution >= 4 is 0 Å². The van der Waals surface area contributed by atoms with E-state index in [2.05, 4.69) is 33.0 Å². The standard InChI is InChI=1S/C12H25N/c1-5-12(6-2)7-8-13-11(12)9-10(3)4/h10-11,13H,5-9H2,1-4H3. The van der Waals surface area contributed by atoms with Crippen molar-refractivity contribution in [1.82, 2.24) is 5.32 Å². The Morgan fingerprint density at radius 3 is 2.38 bits per heavy atom. The van der Waals surface area contributed by atoms with Crippen LogP contribution in [0.15, 0.2) is 0 Å². The first kappa shape index (κ1) is 11.0. The summed E-state index contributed by atoms with van der Waals surface area (Å²) in [7, 11) is 0. The summed E-state index contributed by atoms with van der Waals surface area (Å²) >= 11 is 0. The van der Waals surface area contributed by atoms with Crippen LogP contribution < -0.4 is 5.32 Å². The molecule has 1 fully saturated rings. The molecule has 1 rings (SSSR count). The molecule has 1 nitrogen and oxygen atoms in total. The average Bonchev–Trinajstić information content (AvgIpc) is 2.48. The van der Waals surface area contributed by atoms with Gasteiger partial charge in [0.05, 0.1) is 0 Å². The molecule has 0 aromatic carbocycles. The Kier molecular flexibility index (Phi) is 3.78. The summed E-state index contributed by atoms with van der Waals surface area (Å²) in [6, 6.07) is 0.780. The topological polar surface area (TPSA) is 12.0 Å². The lowest BCUT2D eigenvalue weighted by Crippen LogP contribution is -2.37. The molecule has 1 atom stereocenters. The normalized spacial score (nSPS) is 27.0. The van der Waals surface area contributed by atoms with E-state index >= 15 is 0 Å². The summed E-state index contributed by atoms with van der Waals surface area (Å²) in [4.78, 5) is 0. The van der Waals surface area contributed by atoms with Gasteiger partial charge in [-0.3, -0.25) is 0 Å². The van der Waals surface area contributed by atoms with Gasteiger partial charge in [0.1, 0.15) is 0 Å². The maximum atomic E-state index is 3.68. The van der Waals surface area contributed by atoms with Crippen LogP contribution in [-0.4, -0.2) is 12.6 Å². The summed E-state index contributed by atoms with van der Waals surface area (Å²) < 4.78 is 0. The Balaban J connectivity index is 2.60. The fraction of sp³-hybridized carbons (Fsp3) is 1.00. The minimum absolute atomic E-state index is 0.615. The molecule has 0 amide bonds. The summed E-state index contributed by atoms with van der Waals surface area (Å²) in [6.45, 7) is 10.6. The molecule has 1 N–H and O–H groups in total. The lowest BCUT2D eigenvalue weighted by Gasteiger charge is -2.34.